The van der Waals surface area contributed by atoms with Gasteiger partial charge in [0.1, 0.15) is 17.2 Å². The van der Waals surface area contributed by atoms with Crippen LogP contribution in [0.2, 0.25) is 0 Å². The van der Waals surface area contributed by atoms with Crippen LogP contribution in [0.4, 0.5) is 0 Å². The Kier molecular flexibility index (Phi) is 6.76. The topological polar surface area (TPSA) is 77.8 Å². The van der Waals surface area contributed by atoms with Gasteiger partial charge in [0.2, 0.25) is 0 Å². The minimum absolute atomic E-state index is 0. The second-order valence-corrected chi connectivity index (χ2v) is 8.25. The molecule has 130 valence electrons. The van der Waals surface area contributed by atoms with Crippen LogP contribution in [0, 0.1) is 13.8 Å². The summed E-state index contributed by atoms with van der Waals surface area (Å²) >= 11 is 0. The summed E-state index contributed by atoms with van der Waals surface area (Å²) < 4.78 is 0. The molecule has 0 bridgehead atoms. The summed E-state index contributed by atoms with van der Waals surface area (Å²) in [6.45, 7) is 10.2. The number of hydrogen-bond acceptors (Lipinski definition) is 4. The molecule has 1 atom stereocenters. The van der Waals surface area contributed by atoms with Crippen molar-refractivity contribution >= 4 is 38.3 Å². The van der Waals surface area contributed by atoms with Crippen molar-refractivity contribution < 1.29 is 20.1 Å². The monoisotopic (exact) mass is 354 g/mol. The van der Waals surface area contributed by atoms with Crippen molar-refractivity contribution in [3.05, 3.63) is 46.5 Å². The van der Waals surface area contributed by atoms with Crippen molar-refractivity contribution in [1.29, 1.82) is 0 Å². The van der Waals surface area contributed by atoms with Gasteiger partial charge >= 0.3 is 18.9 Å². The van der Waals surface area contributed by atoms with E-state index in [-0.39, 0.29) is 52.4 Å². The fourth-order valence-electron chi connectivity index (χ4n) is 2.66. The van der Waals surface area contributed by atoms with Crippen LogP contribution in [-0.2, 0) is 5.41 Å². The van der Waals surface area contributed by atoms with Crippen molar-refractivity contribution in [3.63, 3.8) is 0 Å². The molecule has 0 aliphatic heterocycles. The zero-order chi connectivity index (χ0) is 18.2. The fourth-order valence-corrected chi connectivity index (χ4v) is 3.80. The first-order valence-electron chi connectivity index (χ1n) is 7.68. The third-order valence-electron chi connectivity index (χ3n) is 3.95. The fraction of sp³-hybridized carbons (Fsp3) is 0.316. The van der Waals surface area contributed by atoms with E-state index in [1.165, 1.54) is 0 Å². The summed E-state index contributed by atoms with van der Waals surface area (Å²) in [5.74, 6) is -0.797. The van der Waals surface area contributed by atoms with Crippen molar-refractivity contribution in [2.75, 3.05) is 0 Å². The number of aromatic hydroxyl groups is 3. The second-order valence-electron chi connectivity index (χ2n) is 7.05. The molecule has 0 saturated carbocycles. The summed E-state index contributed by atoms with van der Waals surface area (Å²) in [5.41, 5.74) is 3.39. The van der Waals surface area contributed by atoms with E-state index in [0.717, 1.165) is 28.8 Å². The molecule has 0 heterocycles. The first-order chi connectivity index (χ1) is 11.0. The number of phenolic OH excluding ortho intramolecular Hbond substituents is 3. The van der Waals surface area contributed by atoms with Crippen molar-refractivity contribution in [2.24, 2.45) is 0 Å². The van der Waals surface area contributed by atoms with Crippen LogP contribution in [0.15, 0.2) is 24.3 Å². The van der Waals surface area contributed by atoms with Gasteiger partial charge in [-0.05, 0) is 44.5 Å². The van der Waals surface area contributed by atoms with Crippen LogP contribution < -0.4 is 5.30 Å². The number of aryl methyl sites for hydroxylation is 2. The zero-order valence-electron chi connectivity index (χ0n) is 14.6. The summed E-state index contributed by atoms with van der Waals surface area (Å²) in [6.07, 6.45) is 0. The molecular weight excluding hydrogens is 330 g/mol. The van der Waals surface area contributed by atoms with Gasteiger partial charge in [-0.25, -0.2) is 0 Å². The molecule has 0 aliphatic rings. The first kappa shape index (κ1) is 21.6. The molecule has 0 spiro atoms. The molecule has 0 fully saturated rings. The molecule has 2 aromatic rings. The van der Waals surface area contributed by atoms with E-state index < -0.39 is 8.58 Å². The zero-order valence-corrected chi connectivity index (χ0v) is 15.6. The van der Waals surface area contributed by atoms with Gasteiger partial charge in [-0.15, -0.1) is 0 Å². The number of phenols is 3. The third kappa shape index (κ3) is 4.79. The van der Waals surface area contributed by atoms with Gasteiger partial charge in [0.15, 0.2) is 5.52 Å². The molecule has 2 aromatic carbocycles. The van der Waals surface area contributed by atoms with E-state index in [0.29, 0.717) is 5.56 Å². The molecule has 3 N–H and O–H groups in total. The molecule has 0 radical (unpaired) electrons. The standard InChI is InChI=1S/C19H23O4P.Li.H/c1-10-6-12(19(3,4)5)7-11(2)16(10)18(23)24-17-14(21)8-13(20)9-15(17)22;;/h6-9,20-22,24H,1-5H3;;. The van der Waals surface area contributed by atoms with E-state index in [1.54, 1.807) is 0 Å². The Hall–Kier alpha value is -1.46. The van der Waals surface area contributed by atoms with Crippen LogP contribution in [0.5, 0.6) is 17.2 Å². The van der Waals surface area contributed by atoms with E-state index in [4.69, 9.17) is 0 Å². The molecular formula is C19H24LiO4P. The van der Waals surface area contributed by atoms with Gasteiger partial charge in [0.05, 0.1) is 5.30 Å². The van der Waals surface area contributed by atoms with Crippen LogP contribution in [0.3, 0.4) is 0 Å². The molecule has 0 saturated heterocycles. The molecule has 0 aliphatic carbocycles. The summed E-state index contributed by atoms with van der Waals surface area (Å²) in [4.78, 5) is 12.7. The van der Waals surface area contributed by atoms with E-state index in [1.807, 2.05) is 26.0 Å². The Balaban J connectivity index is 0.00000312. The van der Waals surface area contributed by atoms with Crippen LogP contribution >= 0.6 is 8.58 Å². The average molecular weight is 354 g/mol. The van der Waals surface area contributed by atoms with Crippen LogP contribution in [0.1, 0.15) is 47.8 Å². The average Bonchev–Trinajstić information content (AvgIpc) is 2.40. The van der Waals surface area contributed by atoms with Gasteiger partial charge in [-0.2, -0.15) is 0 Å². The molecule has 6 heteroatoms. The van der Waals surface area contributed by atoms with Gasteiger partial charge in [0.25, 0.3) is 0 Å². The molecule has 0 aromatic heterocycles. The van der Waals surface area contributed by atoms with E-state index in [9.17, 15) is 20.1 Å². The number of carbonyl (C=O) groups excluding carboxylic acids is 1. The number of benzene rings is 2. The number of carbonyl (C=O) groups is 1. The number of hydrogen-bond donors (Lipinski definition) is 3. The summed E-state index contributed by atoms with van der Waals surface area (Å²) in [5, 5.41) is 29.3. The molecule has 0 amide bonds. The first-order valence-corrected chi connectivity index (χ1v) is 8.68. The Labute approximate surface area is 162 Å². The van der Waals surface area contributed by atoms with Crippen molar-refractivity contribution in [2.45, 2.75) is 40.0 Å². The summed E-state index contributed by atoms with van der Waals surface area (Å²) in [7, 11) is -0.424. The molecule has 1 unspecified atom stereocenters. The molecule has 25 heavy (non-hydrogen) atoms. The molecule has 2 rings (SSSR count). The van der Waals surface area contributed by atoms with Gasteiger partial charge in [-0.3, -0.25) is 4.79 Å². The Morgan fingerprint density at radius 1 is 0.920 bits per heavy atom. The quantitative estimate of drug-likeness (QED) is 0.584. The van der Waals surface area contributed by atoms with Crippen LogP contribution in [-0.4, -0.2) is 39.7 Å². The SMILES string of the molecule is Cc1cc(C(C)(C)C)cc(C)c1C(=O)Pc1c(O)cc(O)cc1O.[LiH]. The Morgan fingerprint density at radius 3 is 1.76 bits per heavy atom. The maximum absolute atomic E-state index is 12.7. The minimum atomic E-state index is -0.424. The van der Waals surface area contributed by atoms with Crippen molar-refractivity contribution in [3.8, 4) is 17.2 Å². The summed E-state index contributed by atoms with van der Waals surface area (Å²) in [6, 6.07) is 6.28. The number of rotatable bonds is 3. The normalized spacial score (nSPS) is 11.6. The van der Waals surface area contributed by atoms with E-state index >= 15 is 0 Å². The predicted octanol–water partition coefficient (Wildman–Crippen LogP) is 3.21. The predicted molar refractivity (Wildman–Crippen MR) is 105 cm³/mol. The Bertz CT molecular complexity index is 764. The van der Waals surface area contributed by atoms with Gasteiger partial charge in [0, 0.05) is 17.7 Å². The second kappa shape index (κ2) is 7.83. The van der Waals surface area contributed by atoms with E-state index in [2.05, 4.69) is 20.8 Å². The van der Waals surface area contributed by atoms with Gasteiger partial charge in [-0.1, -0.05) is 32.9 Å². The third-order valence-corrected chi connectivity index (χ3v) is 5.19. The van der Waals surface area contributed by atoms with Crippen molar-refractivity contribution in [1.82, 2.24) is 0 Å². The maximum atomic E-state index is 12.7. The Morgan fingerprint density at radius 2 is 1.36 bits per heavy atom. The van der Waals surface area contributed by atoms with Crippen LogP contribution in [0.25, 0.3) is 0 Å². The molecule has 4 nitrogen and oxygen atoms in total. The van der Waals surface area contributed by atoms with Gasteiger partial charge < -0.3 is 15.3 Å².